The first-order chi connectivity index (χ1) is 10.1. The Labute approximate surface area is 128 Å². The quantitative estimate of drug-likeness (QED) is 0.839. The van der Waals surface area contributed by atoms with Crippen LogP contribution in [0.5, 0.6) is 5.75 Å². The summed E-state index contributed by atoms with van der Waals surface area (Å²) in [6.07, 6.45) is 0. The summed E-state index contributed by atoms with van der Waals surface area (Å²) in [6, 6.07) is 15.5. The van der Waals surface area contributed by atoms with Crippen LogP contribution in [0.1, 0.15) is 31.9 Å². The molecule has 2 heteroatoms. The molecule has 2 nitrogen and oxygen atoms in total. The van der Waals surface area contributed by atoms with Crippen LogP contribution in [0, 0.1) is 6.92 Å². The van der Waals surface area contributed by atoms with Crippen molar-refractivity contribution in [1.82, 2.24) is 5.32 Å². The summed E-state index contributed by atoms with van der Waals surface area (Å²) in [5, 5.41) is 3.47. The third-order valence-corrected chi connectivity index (χ3v) is 3.47. The molecule has 0 bridgehead atoms. The molecule has 0 saturated carbocycles. The molecule has 0 aromatic heterocycles. The first-order valence-corrected chi connectivity index (χ1v) is 7.66. The molecule has 0 unspecified atom stereocenters. The van der Waals surface area contributed by atoms with E-state index in [0.717, 1.165) is 12.3 Å². The summed E-state index contributed by atoms with van der Waals surface area (Å²) < 4.78 is 5.60. The van der Waals surface area contributed by atoms with Crippen molar-refractivity contribution in [1.29, 1.82) is 0 Å². The molecule has 0 fully saturated rings. The molecule has 0 aliphatic heterocycles. The zero-order valence-corrected chi connectivity index (χ0v) is 13.4. The molecule has 0 radical (unpaired) electrons. The molecule has 2 rings (SSSR count). The minimum atomic E-state index is 0.496. The van der Waals surface area contributed by atoms with E-state index in [1.807, 2.05) is 13.0 Å². The highest BCUT2D eigenvalue weighted by Crippen LogP contribution is 2.27. The summed E-state index contributed by atoms with van der Waals surface area (Å²) in [5.41, 5.74) is 5.09. The summed E-state index contributed by atoms with van der Waals surface area (Å²) in [4.78, 5) is 0. The van der Waals surface area contributed by atoms with Gasteiger partial charge < -0.3 is 10.1 Å². The molecule has 2 aromatic rings. The molecule has 112 valence electrons. The van der Waals surface area contributed by atoms with E-state index in [9.17, 15) is 0 Å². The molecule has 0 saturated heterocycles. The largest absolute Gasteiger partial charge is 0.494 e. The minimum Gasteiger partial charge on any atom is -0.494 e. The van der Waals surface area contributed by atoms with Crippen LogP contribution in [-0.2, 0) is 6.54 Å². The van der Waals surface area contributed by atoms with E-state index in [0.29, 0.717) is 12.6 Å². The van der Waals surface area contributed by atoms with Gasteiger partial charge in [0.1, 0.15) is 5.75 Å². The van der Waals surface area contributed by atoms with E-state index < -0.39 is 0 Å². The van der Waals surface area contributed by atoms with Gasteiger partial charge in [-0.1, -0.05) is 38.1 Å². The van der Waals surface area contributed by atoms with E-state index in [1.54, 1.807) is 0 Å². The van der Waals surface area contributed by atoms with Crippen LogP contribution < -0.4 is 10.1 Å². The summed E-state index contributed by atoms with van der Waals surface area (Å²) in [5.74, 6) is 0.931. The molecule has 0 aliphatic carbocycles. The smallest absolute Gasteiger partial charge is 0.119 e. The molecule has 0 atom stereocenters. The van der Waals surface area contributed by atoms with Gasteiger partial charge in [0.15, 0.2) is 0 Å². The first kappa shape index (κ1) is 15.6. The Balaban J connectivity index is 2.29. The highest BCUT2D eigenvalue weighted by Gasteiger charge is 2.05. The molecular weight excluding hydrogens is 258 g/mol. The van der Waals surface area contributed by atoms with E-state index in [4.69, 9.17) is 4.74 Å². The van der Waals surface area contributed by atoms with Gasteiger partial charge in [0.25, 0.3) is 0 Å². The van der Waals surface area contributed by atoms with Crippen molar-refractivity contribution in [3.63, 3.8) is 0 Å². The topological polar surface area (TPSA) is 21.3 Å². The fourth-order valence-corrected chi connectivity index (χ4v) is 2.33. The Morgan fingerprint density at radius 2 is 1.90 bits per heavy atom. The monoisotopic (exact) mass is 283 g/mol. The van der Waals surface area contributed by atoms with Crippen LogP contribution >= 0.6 is 0 Å². The van der Waals surface area contributed by atoms with Crippen molar-refractivity contribution in [2.75, 3.05) is 6.61 Å². The predicted octanol–water partition coefficient (Wildman–Crippen LogP) is 4.56. The number of hydrogen-bond acceptors (Lipinski definition) is 2. The number of nitrogens with one attached hydrogen (secondary N) is 1. The van der Waals surface area contributed by atoms with Gasteiger partial charge in [-0.05, 0) is 54.3 Å². The van der Waals surface area contributed by atoms with Crippen molar-refractivity contribution in [2.24, 2.45) is 0 Å². The highest BCUT2D eigenvalue weighted by molar-refractivity contribution is 5.69. The SMILES string of the molecule is CCOc1cccc(-c2cc(CNC(C)C)ccc2C)c1. The van der Waals surface area contributed by atoms with E-state index in [1.165, 1.54) is 22.3 Å². The maximum atomic E-state index is 5.60. The van der Waals surface area contributed by atoms with Crippen LogP contribution in [0.15, 0.2) is 42.5 Å². The maximum Gasteiger partial charge on any atom is 0.119 e. The standard InChI is InChI=1S/C19H25NO/c1-5-21-18-8-6-7-17(12-18)19-11-16(10-9-15(19)4)13-20-14(2)3/h6-12,14,20H,5,13H2,1-4H3. The van der Waals surface area contributed by atoms with Crippen molar-refractivity contribution in [3.05, 3.63) is 53.6 Å². The zero-order chi connectivity index (χ0) is 15.2. The van der Waals surface area contributed by atoms with Gasteiger partial charge in [0, 0.05) is 12.6 Å². The van der Waals surface area contributed by atoms with Gasteiger partial charge in [0.2, 0.25) is 0 Å². The highest BCUT2D eigenvalue weighted by atomic mass is 16.5. The van der Waals surface area contributed by atoms with Crippen LogP contribution in [0.4, 0.5) is 0 Å². The molecule has 0 spiro atoms. The molecule has 0 aliphatic rings. The summed E-state index contributed by atoms with van der Waals surface area (Å²) in [7, 11) is 0. The Morgan fingerprint density at radius 1 is 1.10 bits per heavy atom. The number of ether oxygens (including phenoxy) is 1. The van der Waals surface area contributed by atoms with Crippen LogP contribution in [0.3, 0.4) is 0 Å². The van der Waals surface area contributed by atoms with Gasteiger partial charge in [-0.15, -0.1) is 0 Å². The van der Waals surface area contributed by atoms with Gasteiger partial charge in [-0.3, -0.25) is 0 Å². The number of benzene rings is 2. The Hall–Kier alpha value is -1.80. The maximum absolute atomic E-state index is 5.60. The molecule has 1 N–H and O–H groups in total. The normalized spacial score (nSPS) is 10.9. The average Bonchev–Trinajstić information content (AvgIpc) is 2.47. The van der Waals surface area contributed by atoms with Crippen LogP contribution in [0.25, 0.3) is 11.1 Å². The fraction of sp³-hybridized carbons (Fsp3) is 0.368. The second-order valence-corrected chi connectivity index (χ2v) is 5.65. The number of hydrogen-bond donors (Lipinski definition) is 1. The van der Waals surface area contributed by atoms with E-state index >= 15 is 0 Å². The van der Waals surface area contributed by atoms with Gasteiger partial charge in [-0.2, -0.15) is 0 Å². The lowest BCUT2D eigenvalue weighted by Crippen LogP contribution is -2.21. The molecule has 0 amide bonds. The van der Waals surface area contributed by atoms with Gasteiger partial charge >= 0.3 is 0 Å². The summed E-state index contributed by atoms with van der Waals surface area (Å²) in [6.45, 7) is 10.1. The second kappa shape index (κ2) is 7.28. The lowest BCUT2D eigenvalue weighted by molar-refractivity contribution is 0.340. The Morgan fingerprint density at radius 3 is 2.62 bits per heavy atom. The lowest BCUT2D eigenvalue weighted by Gasteiger charge is -2.13. The lowest BCUT2D eigenvalue weighted by atomic mass is 9.98. The average molecular weight is 283 g/mol. The third-order valence-electron chi connectivity index (χ3n) is 3.47. The Bertz CT molecular complexity index is 590. The number of rotatable bonds is 6. The predicted molar refractivity (Wildman–Crippen MR) is 89.8 cm³/mol. The van der Waals surface area contributed by atoms with Crippen LogP contribution in [0.2, 0.25) is 0 Å². The number of aryl methyl sites for hydroxylation is 1. The third kappa shape index (κ3) is 4.33. The van der Waals surface area contributed by atoms with Crippen LogP contribution in [-0.4, -0.2) is 12.6 Å². The molecule has 0 heterocycles. The molecule has 2 aromatic carbocycles. The van der Waals surface area contributed by atoms with Gasteiger partial charge in [-0.25, -0.2) is 0 Å². The van der Waals surface area contributed by atoms with E-state index in [-0.39, 0.29) is 0 Å². The van der Waals surface area contributed by atoms with Crippen molar-refractivity contribution in [2.45, 2.75) is 40.3 Å². The minimum absolute atomic E-state index is 0.496. The van der Waals surface area contributed by atoms with Crippen molar-refractivity contribution in [3.8, 4) is 16.9 Å². The molecular formula is C19H25NO. The first-order valence-electron chi connectivity index (χ1n) is 7.66. The second-order valence-electron chi connectivity index (χ2n) is 5.65. The van der Waals surface area contributed by atoms with Crippen molar-refractivity contribution >= 4 is 0 Å². The van der Waals surface area contributed by atoms with E-state index in [2.05, 4.69) is 62.5 Å². The Kier molecular flexibility index (Phi) is 5.40. The summed E-state index contributed by atoms with van der Waals surface area (Å²) >= 11 is 0. The van der Waals surface area contributed by atoms with Gasteiger partial charge in [0.05, 0.1) is 6.61 Å². The fourth-order valence-electron chi connectivity index (χ4n) is 2.33. The zero-order valence-electron chi connectivity index (χ0n) is 13.4. The van der Waals surface area contributed by atoms with Crippen molar-refractivity contribution < 1.29 is 4.74 Å². The molecule has 21 heavy (non-hydrogen) atoms.